The predicted octanol–water partition coefficient (Wildman–Crippen LogP) is 3.49. The minimum absolute atomic E-state index is 0.0224. The summed E-state index contributed by atoms with van der Waals surface area (Å²) < 4.78 is 5.08. The summed E-state index contributed by atoms with van der Waals surface area (Å²) in [5.41, 5.74) is 2.94. The smallest absolute Gasteiger partial charge is 0.251 e. The van der Waals surface area contributed by atoms with Crippen LogP contribution in [0.5, 0.6) is 5.75 Å². The summed E-state index contributed by atoms with van der Waals surface area (Å²) in [5.74, 6) is 0.664. The lowest BCUT2D eigenvalue weighted by molar-refractivity contribution is 0.0940. The van der Waals surface area contributed by atoms with E-state index in [-0.39, 0.29) is 11.9 Å². The van der Waals surface area contributed by atoms with Gasteiger partial charge in [0.2, 0.25) is 0 Å². The van der Waals surface area contributed by atoms with E-state index in [9.17, 15) is 4.79 Å². The minimum Gasteiger partial charge on any atom is -0.497 e. The average Bonchev–Trinajstić information content (AvgIpc) is 2.47. The van der Waals surface area contributed by atoms with Gasteiger partial charge in [-0.2, -0.15) is 0 Å². The Kier molecular flexibility index (Phi) is 4.41. The maximum atomic E-state index is 12.2. The van der Waals surface area contributed by atoms with Crippen LogP contribution in [0.2, 0.25) is 0 Å². The third-order valence-corrected chi connectivity index (χ3v) is 3.35. The number of ether oxygens (including phenoxy) is 1. The lowest BCUT2D eigenvalue weighted by atomic mass is 10.0. The van der Waals surface area contributed by atoms with Gasteiger partial charge in [-0.25, -0.2) is 0 Å². The van der Waals surface area contributed by atoms with Crippen LogP contribution in [0.25, 0.3) is 0 Å². The van der Waals surface area contributed by atoms with Gasteiger partial charge in [0.25, 0.3) is 5.91 Å². The number of nitrogens with one attached hydrogen (secondary N) is 1. The molecule has 0 aliphatic heterocycles. The van der Waals surface area contributed by atoms with E-state index < -0.39 is 0 Å². The topological polar surface area (TPSA) is 38.3 Å². The fourth-order valence-corrected chi connectivity index (χ4v) is 2.17. The fourth-order valence-electron chi connectivity index (χ4n) is 2.17. The van der Waals surface area contributed by atoms with Crippen molar-refractivity contribution in [2.45, 2.75) is 19.9 Å². The molecule has 2 aromatic carbocycles. The van der Waals surface area contributed by atoms with Gasteiger partial charge >= 0.3 is 0 Å². The first-order valence-electron chi connectivity index (χ1n) is 6.62. The summed E-state index contributed by atoms with van der Waals surface area (Å²) in [6.07, 6.45) is 0. The molecular weight excluding hydrogens is 250 g/mol. The van der Waals surface area contributed by atoms with Gasteiger partial charge in [0.15, 0.2) is 0 Å². The molecule has 0 saturated heterocycles. The van der Waals surface area contributed by atoms with Crippen LogP contribution in [-0.4, -0.2) is 13.0 Å². The van der Waals surface area contributed by atoms with E-state index in [1.165, 1.54) is 5.56 Å². The first kappa shape index (κ1) is 14.1. The molecular formula is C17H19NO2. The molecule has 0 radical (unpaired) electrons. The third kappa shape index (κ3) is 3.18. The van der Waals surface area contributed by atoms with Crippen molar-refractivity contribution in [3.8, 4) is 5.75 Å². The normalized spacial score (nSPS) is 11.8. The molecule has 0 spiro atoms. The van der Waals surface area contributed by atoms with Crippen molar-refractivity contribution in [3.05, 3.63) is 65.2 Å². The van der Waals surface area contributed by atoms with Crippen LogP contribution in [0.3, 0.4) is 0 Å². The Morgan fingerprint density at radius 2 is 1.75 bits per heavy atom. The largest absolute Gasteiger partial charge is 0.497 e. The minimum atomic E-state index is -0.0802. The van der Waals surface area contributed by atoms with Crippen molar-refractivity contribution < 1.29 is 9.53 Å². The standard InChI is InChI=1S/C17H19NO2/c1-12-6-4-5-7-16(12)13(2)18-17(19)14-8-10-15(20-3)11-9-14/h4-11,13H,1-3H3,(H,18,19). The summed E-state index contributed by atoms with van der Waals surface area (Å²) >= 11 is 0. The van der Waals surface area contributed by atoms with Crippen LogP contribution in [-0.2, 0) is 0 Å². The molecule has 0 fully saturated rings. The van der Waals surface area contributed by atoms with Crippen LogP contribution in [0.1, 0.15) is 34.5 Å². The zero-order valence-corrected chi connectivity index (χ0v) is 12.0. The van der Waals surface area contributed by atoms with Crippen molar-refractivity contribution in [1.29, 1.82) is 0 Å². The first-order chi connectivity index (χ1) is 9.61. The molecule has 2 aromatic rings. The molecule has 0 aliphatic carbocycles. The molecule has 1 unspecified atom stereocenters. The summed E-state index contributed by atoms with van der Waals surface area (Å²) in [7, 11) is 1.61. The maximum absolute atomic E-state index is 12.2. The Hall–Kier alpha value is -2.29. The number of aryl methyl sites for hydroxylation is 1. The molecule has 3 nitrogen and oxygen atoms in total. The van der Waals surface area contributed by atoms with E-state index in [4.69, 9.17) is 4.74 Å². The van der Waals surface area contributed by atoms with Gasteiger partial charge in [0.05, 0.1) is 13.2 Å². The molecule has 104 valence electrons. The second-order valence-corrected chi connectivity index (χ2v) is 4.78. The number of carbonyl (C=O) groups excluding carboxylic acids is 1. The van der Waals surface area contributed by atoms with Gasteiger partial charge in [-0.05, 0) is 49.2 Å². The zero-order valence-electron chi connectivity index (χ0n) is 12.0. The van der Waals surface area contributed by atoms with E-state index in [1.807, 2.05) is 38.1 Å². The van der Waals surface area contributed by atoms with Crippen LogP contribution in [0, 0.1) is 6.92 Å². The van der Waals surface area contributed by atoms with Gasteiger partial charge < -0.3 is 10.1 Å². The summed E-state index contributed by atoms with van der Waals surface area (Å²) in [6, 6.07) is 15.1. The highest BCUT2D eigenvalue weighted by Crippen LogP contribution is 2.18. The summed E-state index contributed by atoms with van der Waals surface area (Å²) in [4.78, 5) is 12.2. The van der Waals surface area contributed by atoms with Gasteiger partial charge in [0.1, 0.15) is 5.75 Å². The third-order valence-electron chi connectivity index (χ3n) is 3.35. The number of rotatable bonds is 4. The zero-order chi connectivity index (χ0) is 14.5. The summed E-state index contributed by atoms with van der Waals surface area (Å²) in [5, 5.41) is 3.01. The molecule has 0 aromatic heterocycles. The molecule has 0 saturated carbocycles. The van der Waals surface area contributed by atoms with Gasteiger partial charge in [-0.3, -0.25) is 4.79 Å². The van der Waals surface area contributed by atoms with Gasteiger partial charge in [0, 0.05) is 5.56 Å². The van der Waals surface area contributed by atoms with Crippen LogP contribution in [0.4, 0.5) is 0 Å². The number of carbonyl (C=O) groups is 1. The Balaban J connectivity index is 2.09. The monoisotopic (exact) mass is 269 g/mol. The van der Waals surface area contributed by atoms with Crippen molar-refractivity contribution in [2.24, 2.45) is 0 Å². The Bertz CT molecular complexity index is 590. The number of hydrogen-bond acceptors (Lipinski definition) is 2. The molecule has 1 amide bonds. The van der Waals surface area contributed by atoms with E-state index in [2.05, 4.69) is 5.32 Å². The van der Waals surface area contributed by atoms with E-state index in [0.29, 0.717) is 5.56 Å². The summed E-state index contributed by atoms with van der Waals surface area (Å²) in [6.45, 7) is 4.04. The number of methoxy groups -OCH3 is 1. The first-order valence-corrected chi connectivity index (χ1v) is 6.62. The Morgan fingerprint density at radius 3 is 2.35 bits per heavy atom. The lowest BCUT2D eigenvalue weighted by Crippen LogP contribution is -2.27. The van der Waals surface area contributed by atoms with Crippen LogP contribution >= 0.6 is 0 Å². The molecule has 0 bridgehead atoms. The van der Waals surface area contributed by atoms with E-state index in [1.54, 1.807) is 31.4 Å². The Morgan fingerprint density at radius 1 is 1.10 bits per heavy atom. The van der Waals surface area contributed by atoms with Gasteiger partial charge in [-0.1, -0.05) is 24.3 Å². The highest BCUT2D eigenvalue weighted by molar-refractivity contribution is 5.94. The van der Waals surface area contributed by atoms with Crippen molar-refractivity contribution in [2.75, 3.05) is 7.11 Å². The second kappa shape index (κ2) is 6.24. The SMILES string of the molecule is COc1ccc(C(=O)NC(C)c2ccccc2C)cc1. The highest BCUT2D eigenvalue weighted by Gasteiger charge is 2.12. The van der Waals surface area contributed by atoms with Crippen LogP contribution in [0.15, 0.2) is 48.5 Å². The molecule has 3 heteroatoms. The Labute approximate surface area is 119 Å². The number of amides is 1. The molecule has 0 aliphatic rings. The van der Waals surface area contributed by atoms with Crippen molar-refractivity contribution >= 4 is 5.91 Å². The fraction of sp³-hybridized carbons (Fsp3) is 0.235. The number of benzene rings is 2. The predicted molar refractivity (Wildman–Crippen MR) is 80.1 cm³/mol. The quantitative estimate of drug-likeness (QED) is 0.922. The van der Waals surface area contributed by atoms with E-state index in [0.717, 1.165) is 11.3 Å². The van der Waals surface area contributed by atoms with Gasteiger partial charge in [-0.15, -0.1) is 0 Å². The molecule has 20 heavy (non-hydrogen) atoms. The molecule has 0 heterocycles. The molecule has 2 rings (SSSR count). The maximum Gasteiger partial charge on any atom is 0.251 e. The van der Waals surface area contributed by atoms with E-state index >= 15 is 0 Å². The second-order valence-electron chi connectivity index (χ2n) is 4.78. The average molecular weight is 269 g/mol. The molecule has 1 atom stereocenters. The van der Waals surface area contributed by atoms with Crippen molar-refractivity contribution in [3.63, 3.8) is 0 Å². The highest BCUT2D eigenvalue weighted by atomic mass is 16.5. The number of hydrogen-bond donors (Lipinski definition) is 1. The van der Waals surface area contributed by atoms with Crippen LogP contribution < -0.4 is 10.1 Å². The lowest BCUT2D eigenvalue weighted by Gasteiger charge is -2.16. The van der Waals surface area contributed by atoms with Crippen molar-refractivity contribution in [1.82, 2.24) is 5.32 Å². The molecule has 1 N–H and O–H groups in total.